The van der Waals surface area contributed by atoms with Gasteiger partial charge >= 0.3 is 0 Å². The number of carbonyl (C=O) groups is 1. The van der Waals surface area contributed by atoms with E-state index in [9.17, 15) is 9.18 Å². The summed E-state index contributed by atoms with van der Waals surface area (Å²) in [4.78, 5) is 19.8. The Bertz CT molecular complexity index is 1410. The van der Waals surface area contributed by atoms with Crippen LogP contribution in [0.3, 0.4) is 0 Å². The van der Waals surface area contributed by atoms with Crippen LogP contribution in [0.5, 0.6) is 0 Å². The van der Waals surface area contributed by atoms with E-state index >= 15 is 0 Å². The van der Waals surface area contributed by atoms with E-state index in [4.69, 9.17) is 27.9 Å². The van der Waals surface area contributed by atoms with Gasteiger partial charge in [0.1, 0.15) is 11.4 Å². The van der Waals surface area contributed by atoms with Crippen molar-refractivity contribution < 1.29 is 13.9 Å². The average Bonchev–Trinajstić information content (AvgIpc) is 2.98. The van der Waals surface area contributed by atoms with Crippen molar-refractivity contribution in [1.29, 1.82) is 0 Å². The van der Waals surface area contributed by atoms with Crippen LogP contribution in [0.4, 0.5) is 10.1 Å². The molecule has 0 aliphatic carbocycles. The summed E-state index contributed by atoms with van der Waals surface area (Å²) >= 11 is 12.6. The zero-order valence-electron chi connectivity index (χ0n) is 23.6. The topological polar surface area (TPSA) is 36.0 Å². The quantitative estimate of drug-likeness (QED) is 0.275. The minimum atomic E-state index is -0.603. The lowest BCUT2D eigenvalue weighted by Crippen LogP contribution is -2.48. The SMILES string of the molecule is C=C1OC2(CCN(CCC(C(=O)N(C)CCc3ccccc3)c3ccc(Cl)c(Cl)c3)CC2)c2cc(F)ccc2N1C. The van der Waals surface area contributed by atoms with E-state index < -0.39 is 5.60 Å². The Kier molecular flexibility index (Phi) is 8.93. The Balaban J connectivity index is 1.28. The molecule has 41 heavy (non-hydrogen) atoms. The summed E-state index contributed by atoms with van der Waals surface area (Å²) in [5.41, 5.74) is 3.26. The van der Waals surface area contributed by atoms with Gasteiger partial charge in [-0.15, -0.1) is 0 Å². The number of carbonyl (C=O) groups excluding carboxylic acids is 1. The second kappa shape index (κ2) is 12.4. The number of anilines is 1. The number of hydrogen-bond acceptors (Lipinski definition) is 4. The Morgan fingerprint density at radius 2 is 1.80 bits per heavy atom. The van der Waals surface area contributed by atoms with E-state index in [1.54, 1.807) is 18.2 Å². The van der Waals surface area contributed by atoms with Crippen LogP contribution in [0.2, 0.25) is 10.0 Å². The van der Waals surface area contributed by atoms with Gasteiger partial charge in [-0.25, -0.2) is 4.39 Å². The lowest BCUT2D eigenvalue weighted by atomic mass is 9.81. The van der Waals surface area contributed by atoms with E-state index in [1.807, 2.05) is 54.2 Å². The predicted octanol–water partition coefficient (Wildman–Crippen LogP) is 7.24. The standard InChI is InChI=1S/C33H36Cl2FN3O2/c1-23-38(3)31-12-10-26(36)22-28(31)33(41-23)15-19-39(20-16-33)18-14-27(25-9-11-29(34)30(35)21-25)32(40)37(2)17-13-24-7-5-4-6-8-24/h4-12,21-22,27H,1,13-20H2,2-3H3. The van der Waals surface area contributed by atoms with Crippen molar-refractivity contribution in [3.05, 3.63) is 112 Å². The van der Waals surface area contributed by atoms with Crippen molar-refractivity contribution in [2.75, 3.05) is 45.2 Å². The highest BCUT2D eigenvalue weighted by Crippen LogP contribution is 2.47. The molecule has 0 saturated carbocycles. The fourth-order valence-electron chi connectivity index (χ4n) is 5.95. The first-order valence-electron chi connectivity index (χ1n) is 14.0. The molecule has 3 aromatic carbocycles. The van der Waals surface area contributed by atoms with E-state index in [1.165, 1.54) is 11.6 Å². The van der Waals surface area contributed by atoms with Gasteiger partial charge in [0.25, 0.3) is 0 Å². The molecule has 3 aromatic rings. The fraction of sp³-hybridized carbons (Fsp3) is 0.364. The molecule has 1 saturated heterocycles. The lowest BCUT2D eigenvalue weighted by molar-refractivity contribution is -0.131. The van der Waals surface area contributed by atoms with Crippen LogP contribution in [-0.4, -0.2) is 56.0 Å². The smallest absolute Gasteiger partial charge is 0.229 e. The molecule has 5 nitrogen and oxygen atoms in total. The highest BCUT2D eigenvalue weighted by molar-refractivity contribution is 6.42. The lowest BCUT2D eigenvalue weighted by Gasteiger charge is -2.48. The summed E-state index contributed by atoms with van der Waals surface area (Å²) in [6.45, 7) is 6.98. The number of fused-ring (bicyclic) bond motifs is 2. The molecule has 2 aliphatic heterocycles. The molecule has 1 amide bonds. The highest BCUT2D eigenvalue weighted by Gasteiger charge is 2.44. The van der Waals surface area contributed by atoms with Crippen molar-refractivity contribution in [3.8, 4) is 0 Å². The highest BCUT2D eigenvalue weighted by atomic mass is 35.5. The number of halogens is 3. The van der Waals surface area contributed by atoms with Gasteiger partial charge < -0.3 is 19.4 Å². The van der Waals surface area contributed by atoms with Crippen LogP contribution in [0, 0.1) is 5.82 Å². The molecule has 1 spiro atoms. The van der Waals surface area contributed by atoms with E-state index in [0.717, 1.165) is 42.9 Å². The number of amides is 1. The van der Waals surface area contributed by atoms with Crippen LogP contribution < -0.4 is 4.90 Å². The first-order valence-corrected chi connectivity index (χ1v) is 14.8. The molecule has 0 radical (unpaired) electrons. The molecule has 1 fully saturated rings. The van der Waals surface area contributed by atoms with Gasteiger partial charge in [0.15, 0.2) is 5.88 Å². The van der Waals surface area contributed by atoms with Gasteiger partial charge in [-0.05, 0) is 67.4 Å². The maximum absolute atomic E-state index is 14.3. The molecule has 0 bridgehead atoms. The summed E-state index contributed by atoms with van der Waals surface area (Å²) in [6.07, 6.45) is 2.84. The van der Waals surface area contributed by atoms with E-state index in [0.29, 0.717) is 41.7 Å². The average molecular weight is 597 g/mol. The molecule has 216 valence electrons. The zero-order chi connectivity index (χ0) is 29.1. The zero-order valence-corrected chi connectivity index (χ0v) is 25.1. The summed E-state index contributed by atoms with van der Waals surface area (Å²) in [5.74, 6) is 0.0126. The Labute approximate surface area is 252 Å². The molecule has 1 atom stereocenters. The second-order valence-corrected chi connectivity index (χ2v) is 11.9. The second-order valence-electron chi connectivity index (χ2n) is 11.1. The van der Waals surface area contributed by atoms with Gasteiger partial charge in [-0.3, -0.25) is 4.79 Å². The molecule has 2 heterocycles. The Hall–Kier alpha value is -3.06. The third-order valence-electron chi connectivity index (χ3n) is 8.49. The first-order chi connectivity index (χ1) is 19.7. The number of nitrogens with zero attached hydrogens (tertiary/aromatic N) is 3. The monoisotopic (exact) mass is 595 g/mol. The number of hydrogen-bond donors (Lipinski definition) is 0. The van der Waals surface area contributed by atoms with Gasteiger partial charge in [0.05, 0.1) is 21.7 Å². The molecule has 8 heteroatoms. The van der Waals surface area contributed by atoms with Gasteiger partial charge in [0.2, 0.25) is 5.91 Å². The maximum Gasteiger partial charge on any atom is 0.229 e. The largest absolute Gasteiger partial charge is 0.468 e. The molecule has 1 unspecified atom stereocenters. The summed E-state index contributed by atoms with van der Waals surface area (Å²) in [7, 11) is 3.75. The number of rotatable bonds is 8. The van der Waals surface area contributed by atoms with Crippen molar-refractivity contribution >= 4 is 34.8 Å². The maximum atomic E-state index is 14.3. The third-order valence-corrected chi connectivity index (χ3v) is 9.23. The van der Waals surface area contributed by atoms with Crippen molar-refractivity contribution in [1.82, 2.24) is 9.80 Å². The van der Waals surface area contributed by atoms with E-state index in [2.05, 4.69) is 23.6 Å². The van der Waals surface area contributed by atoms with Gasteiger partial charge in [-0.2, -0.15) is 0 Å². The summed E-state index contributed by atoms with van der Waals surface area (Å²) in [5, 5.41) is 0.913. The number of likely N-dealkylation sites (N-methyl/N-ethyl adjacent to an activating group) is 1. The van der Waals surface area contributed by atoms with Crippen molar-refractivity contribution in [2.45, 2.75) is 37.2 Å². The molecular formula is C33H36Cl2FN3O2. The number of piperidine rings is 1. The Morgan fingerprint density at radius 3 is 2.51 bits per heavy atom. The Morgan fingerprint density at radius 1 is 1.07 bits per heavy atom. The van der Waals surface area contributed by atoms with Gasteiger partial charge in [0, 0.05) is 52.1 Å². The minimum absolute atomic E-state index is 0.0622. The summed E-state index contributed by atoms with van der Waals surface area (Å²) in [6, 6.07) is 20.5. The predicted molar refractivity (Wildman–Crippen MR) is 164 cm³/mol. The molecule has 0 aromatic heterocycles. The third kappa shape index (κ3) is 6.40. The van der Waals surface area contributed by atoms with Crippen LogP contribution >= 0.6 is 23.2 Å². The van der Waals surface area contributed by atoms with E-state index in [-0.39, 0.29) is 17.6 Å². The molecular weight excluding hydrogens is 560 g/mol. The van der Waals surface area contributed by atoms with Crippen LogP contribution in [0.1, 0.15) is 41.9 Å². The minimum Gasteiger partial charge on any atom is -0.468 e. The van der Waals surface area contributed by atoms with Crippen molar-refractivity contribution in [3.63, 3.8) is 0 Å². The van der Waals surface area contributed by atoms with Crippen LogP contribution in [0.15, 0.2) is 79.2 Å². The summed E-state index contributed by atoms with van der Waals surface area (Å²) < 4.78 is 20.6. The van der Waals surface area contributed by atoms with Gasteiger partial charge in [-0.1, -0.05) is 59.6 Å². The normalized spacial score (nSPS) is 17.2. The number of benzene rings is 3. The van der Waals surface area contributed by atoms with Crippen LogP contribution in [0.25, 0.3) is 0 Å². The number of ether oxygens (including phenoxy) is 1. The molecule has 0 N–H and O–H groups in total. The molecule has 5 rings (SSSR count). The van der Waals surface area contributed by atoms with Crippen molar-refractivity contribution in [2.24, 2.45) is 0 Å². The number of likely N-dealkylation sites (tertiary alicyclic amines) is 1. The van der Waals surface area contributed by atoms with Crippen LogP contribution in [-0.2, 0) is 21.6 Å². The fourth-order valence-corrected chi connectivity index (χ4v) is 6.26. The first kappa shape index (κ1) is 29.4. The molecule has 2 aliphatic rings.